The Kier molecular flexibility index (Phi) is 7.18. The summed E-state index contributed by atoms with van der Waals surface area (Å²) >= 11 is 0. The Morgan fingerprint density at radius 1 is 0.970 bits per heavy atom. The summed E-state index contributed by atoms with van der Waals surface area (Å²) in [6.45, 7) is 5.34. The average molecular weight is 448 g/mol. The van der Waals surface area contributed by atoms with Gasteiger partial charge in [-0.15, -0.1) is 0 Å². The zero-order valence-electron chi connectivity index (χ0n) is 20.0. The maximum absolute atomic E-state index is 14.1. The lowest BCUT2D eigenvalue weighted by Crippen LogP contribution is -2.54. The first-order valence-electron chi connectivity index (χ1n) is 12.3. The van der Waals surface area contributed by atoms with Gasteiger partial charge in [-0.05, 0) is 69.2 Å². The number of benzene rings is 2. The molecule has 33 heavy (non-hydrogen) atoms. The fourth-order valence-corrected chi connectivity index (χ4v) is 5.84. The number of carbonyl (C=O) groups excluding carboxylic acids is 2. The van der Waals surface area contributed by atoms with Crippen molar-refractivity contribution < 1.29 is 9.59 Å². The van der Waals surface area contributed by atoms with Crippen LogP contribution in [0.15, 0.2) is 60.7 Å². The van der Waals surface area contributed by atoms with Crippen LogP contribution in [0, 0.1) is 11.3 Å². The summed E-state index contributed by atoms with van der Waals surface area (Å²) in [5.74, 6) is 0.832. The van der Waals surface area contributed by atoms with Gasteiger partial charge in [0.1, 0.15) is 0 Å². The van der Waals surface area contributed by atoms with Crippen molar-refractivity contribution in [1.29, 1.82) is 0 Å². The molecule has 5 heteroatoms. The predicted octanol–water partition coefficient (Wildman–Crippen LogP) is 3.74. The molecule has 0 unspecified atom stereocenters. The summed E-state index contributed by atoms with van der Waals surface area (Å²) in [6.07, 6.45) is 4.62. The summed E-state index contributed by atoms with van der Waals surface area (Å²) < 4.78 is 0. The van der Waals surface area contributed by atoms with E-state index in [0.717, 1.165) is 56.3 Å². The highest BCUT2D eigenvalue weighted by molar-refractivity contribution is 5.92. The third kappa shape index (κ3) is 4.70. The molecular weight excluding hydrogens is 410 g/mol. The number of nitrogens with one attached hydrogen (secondary N) is 2. The summed E-state index contributed by atoms with van der Waals surface area (Å²) in [4.78, 5) is 29.1. The van der Waals surface area contributed by atoms with Crippen LogP contribution in [0.2, 0.25) is 0 Å². The van der Waals surface area contributed by atoms with Gasteiger partial charge in [-0.1, -0.05) is 60.7 Å². The number of hydrogen-bond donors (Lipinski definition) is 2. The van der Waals surface area contributed by atoms with Gasteiger partial charge < -0.3 is 15.5 Å². The number of rotatable bonds is 6. The monoisotopic (exact) mass is 447 g/mol. The number of hydrogen-bond acceptors (Lipinski definition) is 3. The van der Waals surface area contributed by atoms with Crippen LogP contribution in [0.1, 0.15) is 50.2 Å². The molecule has 2 saturated heterocycles. The van der Waals surface area contributed by atoms with Gasteiger partial charge in [-0.3, -0.25) is 9.59 Å². The van der Waals surface area contributed by atoms with Crippen LogP contribution in [0.5, 0.6) is 0 Å². The minimum absolute atomic E-state index is 0.118. The van der Waals surface area contributed by atoms with E-state index in [4.69, 9.17) is 0 Å². The van der Waals surface area contributed by atoms with Gasteiger partial charge in [0.25, 0.3) is 0 Å². The Morgan fingerprint density at radius 2 is 1.48 bits per heavy atom. The highest BCUT2D eigenvalue weighted by Crippen LogP contribution is 2.42. The molecule has 0 radical (unpaired) electrons. The van der Waals surface area contributed by atoms with Gasteiger partial charge in [-0.2, -0.15) is 0 Å². The van der Waals surface area contributed by atoms with Gasteiger partial charge >= 0.3 is 0 Å². The summed E-state index contributed by atoms with van der Waals surface area (Å²) in [6, 6.07) is 20.1. The third-order valence-electron chi connectivity index (χ3n) is 7.98. The van der Waals surface area contributed by atoms with Crippen molar-refractivity contribution in [3.05, 3.63) is 71.8 Å². The number of nitrogens with zero attached hydrogens (tertiary/aromatic N) is 1. The molecule has 2 heterocycles. The van der Waals surface area contributed by atoms with Crippen molar-refractivity contribution in [2.75, 3.05) is 33.2 Å². The van der Waals surface area contributed by atoms with E-state index in [-0.39, 0.29) is 17.2 Å². The molecule has 0 aromatic heterocycles. The Balaban J connectivity index is 1.56. The molecule has 2 aromatic rings. The zero-order chi connectivity index (χ0) is 23.3. The predicted molar refractivity (Wildman–Crippen MR) is 132 cm³/mol. The van der Waals surface area contributed by atoms with Gasteiger partial charge in [0.15, 0.2) is 0 Å². The molecule has 0 aliphatic carbocycles. The molecule has 2 aliphatic heterocycles. The third-order valence-corrected chi connectivity index (χ3v) is 7.98. The molecule has 0 bridgehead atoms. The van der Waals surface area contributed by atoms with E-state index in [1.807, 2.05) is 72.5 Å². The molecular formula is C28H37N3O2. The first kappa shape index (κ1) is 23.5. The Bertz CT molecular complexity index is 891. The Morgan fingerprint density at radius 3 is 1.97 bits per heavy atom. The second kappa shape index (κ2) is 10.1. The number of carbonyl (C=O) groups is 2. The van der Waals surface area contributed by atoms with Crippen molar-refractivity contribution >= 4 is 11.8 Å². The van der Waals surface area contributed by atoms with Gasteiger partial charge in [0.05, 0.1) is 10.8 Å². The molecule has 0 spiro atoms. The van der Waals surface area contributed by atoms with Crippen molar-refractivity contribution in [2.24, 2.45) is 11.3 Å². The molecule has 2 aliphatic rings. The van der Waals surface area contributed by atoms with Crippen LogP contribution >= 0.6 is 0 Å². The maximum Gasteiger partial charge on any atom is 0.237 e. The smallest absolute Gasteiger partial charge is 0.237 e. The fraction of sp³-hybridized carbons (Fsp3) is 0.500. The van der Waals surface area contributed by atoms with Gasteiger partial charge in [-0.25, -0.2) is 0 Å². The van der Waals surface area contributed by atoms with E-state index >= 15 is 0 Å². The minimum atomic E-state index is -0.759. The van der Waals surface area contributed by atoms with Crippen LogP contribution in [0.4, 0.5) is 0 Å². The SMILES string of the molecule is CNC(=O)C1(CC2CCNCC2)CCN(C(=O)C(C)(c2ccccc2)c2ccccc2)CC1. The Labute approximate surface area is 197 Å². The molecule has 2 amide bonds. The lowest BCUT2D eigenvalue weighted by molar-refractivity contribution is -0.143. The van der Waals surface area contributed by atoms with Gasteiger partial charge in [0.2, 0.25) is 11.8 Å². The molecule has 2 fully saturated rings. The largest absolute Gasteiger partial charge is 0.359 e. The lowest BCUT2D eigenvalue weighted by atomic mass is 9.69. The van der Waals surface area contributed by atoms with E-state index < -0.39 is 5.41 Å². The van der Waals surface area contributed by atoms with Crippen molar-refractivity contribution in [2.45, 2.75) is 44.4 Å². The normalized spacial score (nSPS) is 19.2. The molecule has 0 saturated carbocycles. The standard InChI is InChI=1S/C28H37N3O2/c1-27(23-9-5-3-6-10-23,24-11-7-4-8-12-24)26(33)31-19-15-28(16-20-31,25(32)29-2)21-22-13-17-30-18-14-22/h3-12,22,30H,13-21H2,1-2H3,(H,29,32). The zero-order valence-corrected chi connectivity index (χ0v) is 20.0. The van der Waals surface area contributed by atoms with Crippen LogP contribution in [-0.4, -0.2) is 49.9 Å². The Hall–Kier alpha value is -2.66. The van der Waals surface area contributed by atoms with E-state index in [1.165, 1.54) is 0 Å². The van der Waals surface area contributed by atoms with E-state index in [2.05, 4.69) is 10.6 Å². The lowest BCUT2D eigenvalue weighted by Gasteiger charge is -2.45. The molecule has 2 aromatic carbocycles. The minimum Gasteiger partial charge on any atom is -0.359 e. The van der Waals surface area contributed by atoms with Crippen LogP contribution in [-0.2, 0) is 15.0 Å². The second-order valence-electron chi connectivity index (χ2n) is 9.91. The summed E-state index contributed by atoms with van der Waals surface area (Å²) in [5, 5.41) is 6.36. The maximum atomic E-state index is 14.1. The highest BCUT2D eigenvalue weighted by atomic mass is 16.2. The average Bonchev–Trinajstić information content (AvgIpc) is 2.89. The van der Waals surface area contributed by atoms with Crippen LogP contribution < -0.4 is 10.6 Å². The number of piperidine rings is 2. The summed E-state index contributed by atoms with van der Waals surface area (Å²) in [7, 11) is 1.74. The van der Waals surface area contributed by atoms with E-state index in [1.54, 1.807) is 7.05 Å². The summed E-state index contributed by atoms with van der Waals surface area (Å²) in [5.41, 5.74) is 0.867. The van der Waals surface area contributed by atoms with E-state index in [0.29, 0.717) is 19.0 Å². The second-order valence-corrected chi connectivity index (χ2v) is 9.91. The quantitative estimate of drug-likeness (QED) is 0.709. The van der Waals surface area contributed by atoms with Crippen LogP contribution in [0.3, 0.4) is 0 Å². The molecule has 0 atom stereocenters. The fourth-order valence-electron chi connectivity index (χ4n) is 5.84. The first-order valence-corrected chi connectivity index (χ1v) is 12.3. The molecule has 2 N–H and O–H groups in total. The van der Waals surface area contributed by atoms with Crippen molar-refractivity contribution in [1.82, 2.24) is 15.5 Å². The number of amides is 2. The van der Waals surface area contributed by atoms with Crippen LogP contribution in [0.25, 0.3) is 0 Å². The van der Waals surface area contributed by atoms with Crippen molar-refractivity contribution in [3.8, 4) is 0 Å². The molecule has 5 nitrogen and oxygen atoms in total. The first-order chi connectivity index (χ1) is 16.0. The molecule has 4 rings (SSSR count). The topological polar surface area (TPSA) is 61.4 Å². The van der Waals surface area contributed by atoms with E-state index in [9.17, 15) is 9.59 Å². The van der Waals surface area contributed by atoms with Gasteiger partial charge in [0, 0.05) is 20.1 Å². The van der Waals surface area contributed by atoms with Crippen molar-refractivity contribution in [3.63, 3.8) is 0 Å². The highest BCUT2D eigenvalue weighted by Gasteiger charge is 2.46. The number of likely N-dealkylation sites (tertiary alicyclic amines) is 1. The molecule has 176 valence electrons.